The molecule has 11 heteroatoms. The number of carbonyl (C=O) groups is 2. The van der Waals surface area contributed by atoms with Gasteiger partial charge in [-0.2, -0.15) is 0 Å². The van der Waals surface area contributed by atoms with Crippen LogP contribution in [-0.4, -0.2) is 77.5 Å². The summed E-state index contributed by atoms with van der Waals surface area (Å²) in [5.74, 6) is -2.44. The van der Waals surface area contributed by atoms with Gasteiger partial charge >= 0.3 is 11.9 Å². The molecular formula is C24H33FN4O6. The number of benzene rings is 1. The number of ether oxygens (including phenoxy) is 1. The molecule has 192 valence electrons. The lowest BCUT2D eigenvalue weighted by molar-refractivity contribution is -0.138. The van der Waals surface area contributed by atoms with Crippen LogP contribution in [0.1, 0.15) is 49.5 Å². The van der Waals surface area contributed by atoms with Crippen LogP contribution in [0.15, 0.2) is 17.1 Å². The fraction of sp³-hybridized carbons (Fsp3) is 0.542. The summed E-state index contributed by atoms with van der Waals surface area (Å²) in [6.45, 7) is 7.08. The van der Waals surface area contributed by atoms with Crippen molar-refractivity contribution in [3.05, 3.63) is 33.9 Å². The number of halogens is 1. The van der Waals surface area contributed by atoms with Gasteiger partial charge < -0.3 is 35.1 Å². The number of likely N-dealkylation sites (N-methyl/N-ethyl adjacent to an activating group) is 1. The van der Waals surface area contributed by atoms with E-state index in [4.69, 9.17) is 15.6 Å². The Labute approximate surface area is 202 Å². The quantitative estimate of drug-likeness (QED) is 0.553. The molecule has 0 radical (unpaired) electrons. The summed E-state index contributed by atoms with van der Waals surface area (Å²) in [5.41, 5.74) is 4.98. The van der Waals surface area contributed by atoms with Crippen molar-refractivity contribution in [3.8, 4) is 5.75 Å². The van der Waals surface area contributed by atoms with Crippen LogP contribution in [0.2, 0.25) is 0 Å². The number of nitrogens with two attached hydrogens (primary N) is 1. The number of aromatic carboxylic acids is 1. The summed E-state index contributed by atoms with van der Waals surface area (Å²) in [6.07, 6.45) is 3.83. The van der Waals surface area contributed by atoms with Crippen molar-refractivity contribution in [2.45, 2.75) is 45.2 Å². The Morgan fingerprint density at radius 1 is 1.26 bits per heavy atom. The highest BCUT2D eigenvalue weighted by Crippen LogP contribution is 2.42. The molecule has 1 aromatic carbocycles. The number of aromatic nitrogens is 1. The van der Waals surface area contributed by atoms with Gasteiger partial charge in [0.2, 0.25) is 5.43 Å². The maximum absolute atomic E-state index is 15.0. The first-order chi connectivity index (χ1) is 16.6. The minimum absolute atomic E-state index is 0.0434. The van der Waals surface area contributed by atoms with Crippen LogP contribution in [0.5, 0.6) is 5.75 Å². The van der Waals surface area contributed by atoms with E-state index in [1.165, 1.54) is 6.20 Å². The van der Waals surface area contributed by atoms with Crippen molar-refractivity contribution in [1.82, 2.24) is 9.47 Å². The molecule has 35 heavy (non-hydrogen) atoms. The van der Waals surface area contributed by atoms with Gasteiger partial charge in [0.25, 0.3) is 0 Å². The topological polar surface area (TPSA) is 138 Å². The van der Waals surface area contributed by atoms with Gasteiger partial charge in [-0.15, -0.1) is 0 Å². The zero-order chi connectivity index (χ0) is 25.9. The number of pyridine rings is 1. The second kappa shape index (κ2) is 11.0. The molecule has 4 N–H and O–H groups in total. The number of aliphatic carboxylic acids is 1. The van der Waals surface area contributed by atoms with Crippen LogP contribution in [0, 0.1) is 5.82 Å². The standard InChI is InChI=1S/C18H20FN3O4.C6H13NO2/c1-10-9-26-17-14-11(16(23)12(18(24)25)8-22(10)14)7-13(19)15(17)21-5-3-20(2)4-6-21;1-2-3-4-5(7)6(8)9/h7-8,10H,3-6,9H2,1-2H3,(H,24,25);5H,2-4,7H2,1H3,(H,8,9). The molecule has 1 fully saturated rings. The summed E-state index contributed by atoms with van der Waals surface area (Å²) >= 11 is 0. The summed E-state index contributed by atoms with van der Waals surface area (Å²) in [6, 6.07) is 0.332. The van der Waals surface area contributed by atoms with Crippen LogP contribution >= 0.6 is 0 Å². The van der Waals surface area contributed by atoms with Crippen LogP contribution in [0.4, 0.5) is 10.1 Å². The van der Waals surface area contributed by atoms with E-state index in [1.807, 2.05) is 25.8 Å². The SMILES string of the molecule is CC1COc2c(N3CCN(C)CC3)c(F)cc3c(=O)c(C(=O)O)cn1c23.CCCCC(N)C(=O)O. The zero-order valence-corrected chi connectivity index (χ0v) is 20.3. The minimum atomic E-state index is -1.32. The monoisotopic (exact) mass is 492 g/mol. The first-order valence-electron chi connectivity index (χ1n) is 11.8. The summed E-state index contributed by atoms with van der Waals surface area (Å²) in [5, 5.41) is 17.6. The summed E-state index contributed by atoms with van der Waals surface area (Å²) < 4.78 is 22.6. The van der Waals surface area contributed by atoms with Gasteiger partial charge in [0.1, 0.15) is 23.9 Å². The number of rotatable bonds is 6. The van der Waals surface area contributed by atoms with Crippen molar-refractivity contribution in [2.75, 3.05) is 44.7 Å². The lowest BCUT2D eigenvalue weighted by Crippen LogP contribution is -2.45. The number of unbranched alkanes of at least 4 members (excludes halogenated alkanes) is 1. The maximum Gasteiger partial charge on any atom is 0.341 e. The molecular weight excluding hydrogens is 459 g/mol. The van der Waals surface area contributed by atoms with Gasteiger partial charge in [-0.25, -0.2) is 9.18 Å². The Bertz CT molecular complexity index is 1160. The van der Waals surface area contributed by atoms with E-state index in [1.54, 1.807) is 4.57 Å². The van der Waals surface area contributed by atoms with Crippen LogP contribution in [0.3, 0.4) is 0 Å². The molecule has 2 atom stereocenters. The number of hydrogen-bond acceptors (Lipinski definition) is 7. The van der Waals surface area contributed by atoms with E-state index in [0.29, 0.717) is 36.5 Å². The smallest absolute Gasteiger partial charge is 0.341 e. The highest BCUT2D eigenvalue weighted by molar-refractivity contribution is 5.97. The lowest BCUT2D eigenvalue weighted by Gasteiger charge is -2.37. The van der Waals surface area contributed by atoms with Gasteiger partial charge in [-0.05, 0) is 26.5 Å². The van der Waals surface area contributed by atoms with Crippen molar-refractivity contribution >= 4 is 28.5 Å². The van der Waals surface area contributed by atoms with Gasteiger partial charge in [0, 0.05) is 32.4 Å². The fourth-order valence-corrected chi connectivity index (χ4v) is 4.24. The number of carboxylic acid groups (broad SMARTS) is 2. The molecule has 2 aliphatic heterocycles. The van der Waals surface area contributed by atoms with E-state index in [-0.39, 0.29) is 23.6 Å². The molecule has 1 aromatic heterocycles. The zero-order valence-electron chi connectivity index (χ0n) is 20.3. The molecule has 4 rings (SSSR count). The number of anilines is 1. The lowest BCUT2D eigenvalue weighted by atomic mass is 10.1. The number of carboxylic acids is 2. The second-order valence-electron chi connectivity index (χ2n) is 9.05. The van der Waals surface area contributed by atoms with E-state index < -0.39 is 29.2 Å². The molecule has 2 aromatic rings. The minimum Gasteiger partial charge on any atom is -0.487 e. The van der Waals surface area contributed by atoms with E-state index in [0.717, 1.165) is 32.0 Å². The Morgan fingerprint density at radius 3 is 2.49 bits per heavy atom. The summed E-state index contributed by atoms with van der Waals surface area (Å²) in [7, 11) is 2.02. The van der Waals surface area contributed by atoms with Crippen molar-refractivity contribution in [2.24, 2.45) is 5.73 Å². The van der Waals surface area contributed by atoms with Crippen LogP contribution < -0.4 is 20.8 Å². The van der Waals surface area contributed by atoms with Crippen molar-refractivity contribution in [1.29, 1.82) is 0 Å². The maximum atomic E-state index is 15.0. The molecule has 2 unspecified atom stereocenters. The van der Waals surface area contributed by atoms with Gasteiger partial charge in [-0.3, -0.25) is 9.59 Å². The van der Waals surface area contributed by atoms with Crippen LogP contribution in [0.25, 0.3) is 10.9 Å². The van der Waals surface area contributed by atoms with Crippen molar-refractivity contribution < 1.29 is 28.9 Å². The van der Waals surface area contributed by atoms with E-state index in [2.05, 4.69) is 4.90 Å². The predicted octanol–water partition coefficient (Wildman–Crippen LogP) is 2.13. The third kappa shape index (κ3) is 5.57. The molecule has 3 heterocycles. The highest BCUT2D eigenvalue weighted by atomic mass is 19.1. The number of nitrogens with zero attached hydrogens (tertiary/aromatic N) is 3. The third-order valence-corrected chi connectivity index (χ3v) is 6.38. The molecule has 0 spiro atoms. The number of piperazine rings is 1. The second-order valence-corrected chi connectivity index (χ2v) is 9.05. The molecule has 2 aliphatic rings. The average Bonchev–Trinajstić information content (AvgIpc) is 2.81. The molecule has 0 amide bonds. The Kier molecular flexibility index (Phi) is 8.34. The van der Waals surface area contributed by atoms with Crippen LogP contribution in [-0.2, 0) is 4.79 Å². The van der Waals surface area contributed by atoms with Crippen molar-refractivity contribution in [3.63, 3.8) is 0 Å². The van der Waals surface area contributed by atoms with E-state index in [9.17, 15) is 23.9 Å². The van der Waals surface area contributed by atoms with E-state index >= 15 is 0 Å². The Balaban J connectivity index is 0.000000327. The van der Waals surface area contributed by atoms with Gasteiger partial charge in [0.05, 0.1) is 16.9 Å². The molecule has 1 saturated heterocycles. The fourth-order valence-electron chi connectivity index (χ4n) is 4.24. The summed E-state index contributed by atoms with van der Waals surface area (Å²) in [4.78, 5) is 38.2. The van der Waals surface area contributed by atoms with Gasteiger partial charge in [-0.1, -0.05) is 19.8 Å². The number of hydrogen-bond donors (Lipinski definition) is 3. The highest BCUT2D eigenvalue weighted by Gasteiger charge is 2.30. The third-order valence-electron chi connectivity index (χ3n) is 6.38. The Hall–Kier alpha value is -3.18. The predicted molar refractivity (Wildman–Crippen MR) is 130 cm³/mol. The average molecular weight is 493 g/mol. The molecule has 0 saturated carbocycles. The largest absolute Gasteiger partial charge is 0.487 e. The molecule has 0 aliphatic carbocycles. The molecule has 0 bridgehead atoms. The molecule has 10 nitrogen and oxygen atoms in total. The normalized spacial score (nSPS) is 18.4. The van der Waals surface area contributed by atoms with Gasteiger partial charge in [0.15, 0.2) is 11.6 Å². The first-order valence-corrected chi connectivity index (χ1v) is 11.8. The Morgan fingerprint density at radius 2 is 1.91 bits per heavy atom. The first kappa shape index (κ1) is 26.4.